The highest BCUT2D eigenvalue weighted by Gasteiger charge is 2.27. The molecule has 0 aliphatic carbocycles. The van der Waals surface area contributed by atoms with Crippen molar-refractivity contribution in [3.63, 3.8) is 0 Å². The Kier molecular flexibility index (Phi) is 7.19. The van der Waals surface area contributed by atoms with Crippen molar-refractivity contribution in [1.82, 2.24) is 0 Å². The van der Waals surface area contributed by atoms with E-state index in [0.29, 0.717) is 17.7 Å². The molecular formula is C26H25FO4. The number of ketones is 1. The summed E-state index contributed by atoms with van der Waals surface area (Å²) < 4.78 is 26.7. The van der Waals surface area contributed by atoms with Crippen LogP contribution in [0.25, 0.3) is 0 Å². The van der Waals surface area contributed by atoms with Gasteiger partial charge in [0.1, 0.15) is 35.3 Å². The lowest BCUT2D eigenvalue weighted by molar-refractivity contribution is -0.118. The molecule has 0 bridgehead atoms. The molecule has 0 atom stereocenters. The number of rotatable bonds is 8. The molecule has 0 aliphatic rings. The predicted molar refractivity (Wildman–Crippen MR) is 117 cm³/mol. The number of carbonyl (C=O) groups is 2. The Bertz CT molecular complexity index is 1080. The molecule has 0 heterocycles. The van der Waals surface area contributed by atoms with E-state index in [2.05, 4.69) is 0 Å². The molecule has 0 aliphatic heterocycles. The smallest absolute Gasteiger partial charge is 0.347 e. The molecule has 0 radical (unpaired) electrons. The van der Waals surface area contributed by atoms with Crippen molar-refractivity contribution in [3.8, 4) is 11.5 Å². The van der Waals surface area contributed by atoms with Gasteiger partial charge < -0.3 is 9.47 Å². The van der Waals surface area contributed by atoms with Gasteiger partial charge in [0.2, 0.25) is 0 Å². The number of benzene rings is 3. The van der Waals surface area contributed by atoms with Crippen LogP contribution in [0.3, 0.4) is 0 Å². The van der Waals surface area contributed by atoms with Crippen LogP contribution in [0.15, 0.2) is 60.7 Å². The predicted octanol–water partition coefficient (Wildman–Crippen LogP) is 5.76. The second-order valence-electron chi connectivity index (χ2n) is 7.29. The maximum absolute atomic E-state index is 15.2. The molecule has 0 saturated heterocycles. The average molecular weight is 420 g/mol. The highest BCUT2D eigenvalue weighted by molar-refractivity contribution is 5.96. The van der Waals surface area contributed by atoms with Crippen LogP contribution in [-0.4, -0.2) is 11.8 Å². The van der Waals surface area contributed by atoms with Gasteiger partial charge in [0.15, 0.2) is 0 Å². The quantitative estimate of drug-likeness (QED) is 0.343. The van der Waals surface area contributed by atoms with Gasteiger partial charge in [-0.1, -0.05) is 55.5 Å². The van der Waals surface area contributed by atoms with Crippen LogP contribution in [-0.2, 0) is 17.8 Å². The topological polar surface area (TPSA) is 52.6 Å². The molecule has 0 unspecified atom stereocenters. The van der Waals surface area contributed by atoms with E-state index in [9.17, 15) is 9.59 Å². The first-order chi connectivity index (χ1) is 14.9. The molecular weight excluding hydrogens is 395 g/mol. The zero-order valence-electron chi connectivity index (χ0n) is 17.9. The minimum absolute atomic E-state index is 0.0301. The first-order valence-corrected chi connectivity index (χ1v) is 10.2. The zero-order chi connectivity index (χ0) is 22.4. The molecule has 160 valence electrons. The SMILES string of the molecule is CCC(=O)Cc1c(C)c(OCc2ccccc2)c(C(=O)Oc2ccccc2)c(C)c1F. The minimum atomic E-state index is -0.706. The van der Waals surface area contributed by atoms with E-state index in [0.717, 1.165) is 5.56 Å². The number of Topliss-reactive ketones (excluding diaryl/α,β-unsaturated/α-hetero) is 1. The van der Waals surface area contributed by atoms with E-state index < -0.39 is 11.8 Å². The summed E-state index contributed by atoms with van der Waals surface area (Å²) in [4.78, 5) is 25.1. The van der Waals surface area contributed by atoms with Crippen LogP contribution in [0.5, 0.6) is 11.5 Å². The Labute approximate surface area is 181 Å². The van der Waals surface area contributed by atoms with E-state index in [4.69, 9.17) is 9.47 Å². The van der Waals surface area contributed by atoms with Crippen LogP contribution in [0.2, 0.25) is 0 Å². The van der Waals surface area contributed by atoms with Gasteiger partial charge in [-0.15, -0.1) is 0 Å². The van der Waals surface area contributed by atoms with E-state index in [-0.39, 0.29) is 41.3 Å². The molecule has 3 aromatic carbocycles. The van der Waals surface area contributed by atoms with Crippen molar-refractivity contribution in [2.45, 2.75) is 40.2 Å². The fourth-order valence-corrected chi connectivity index (χ4v) is 3.33. The molecule has 5 heteroatoms. The number of halogens is 1. The highest BCUT2D eigenvalue weighted by Crippen LogP contribution is 2.35. The van der Waals surface area contributed by atoms with Gasteiger partial charge >= 0.3 is 5.97 Å². The van der Waals surface area contributed by atoms with Gasteiger partial charge in [-0.2, -0.15) is 0 Å². The van der Waals surface area contributed by atoms with Crippen molar-refractivity contribution in [2.75, 3.05) is 0 Å². The third kappa shape index (κ3) is 5.18. The van der Waals surface area contributed by atoms with Gasteiger partial charge in [-0.3, -0.25) is 4.79 Å². The molecule has 31 heavy (non-hydrogen) atoms. The Hall–Kier alpha value is -3.47. The second kappa shape index (κ2) is 10.0. The number of hydrogen-bond donors (Lipinski definition) is 0. The summed E-state index contributed by atoms with van der Waals surface area (Å²) in [6, 6.07) is 18.1. The Morgan fingerprint density at radius 1 is 0.903 bits per heavy atom. The summed E-state index contributed by atoms with van der Waals surface area (Å²) in [5.74, 6) is -0.782. The third-order valence-electron chi connectivity index (χ3n) is 5.14. The highest BCUT2D eigenvalue weighted by atomic mass is 19.1. The largest absolute Gasteiger partial charge is 0.488 e. The lowest BCUT2D eigenvalue weighted by Gasteiger charge is -2.20. The summed E-state index contributed by atoms with van der Waals surface area (Å²) in [6.07, 6.45) is 0.251. The normalized spacial score (nSPS) is 10.6. The molecule has 0 fully saturated rings. The van der Waals surface area contributed by atoms with E-state index in [1.807, 2.05) is 30.3 Å². The van der Waals surface area contributed by atoms with Gasteiger partial charge in [-0.05, 0) is 37.1 Å². The summed E-state index contributed by atoms with van der Waals surface area (Å²) >= 11 is 0. The van der Waals surface area contributed by atoms with Gasteiger partial charge in [0.25, 0.3) is 0 Å². The Morgan fingerprint density at radius 2 is 1.52 bits per heavy atom. The lowest BCUT2D eigenvalue weighted by Crippen LogP contribution is -2.17. The molecule has 0 spiro atoms. The Morgan fingerprint density at radius 3 is 2.13 bits per heavy atom. The molecule has 4 nitrogen and oxygen atoms in total. The summed E-state index contributed by atoms with van der Waals surface area (Å²) in [5, 5.41) is 0. The number of hydrogen-bond acceptors (Lipinski definition) is 4. The van der Waals surface area contributed by atoms with Gasteiger partial charge in [-0.25, -0.2) is 9.18 Å². The maximum atomic E-state index is 15.2. The van der Waals surface area contributed by atoms with E-state index >= 15 is 4.39 Å². The molecule has 0 N–H and O–H groups in total. The molecule has 0 saturated carbocycles. The summed E-state index contributed by atoms with van der Waals surface area (Å²) in [6.45, 7) is 5.10. The van der Waals surface area contributed by atoms with Crippen molar-refractivity contribution in [1.29, 1.82) is 0 Å². The van der Waals surface area contributed by atoms with E-state index in [1.54, 1.807) is 44.2 Å². The van der Waals surface area contributed by atoms with E-state index in [1.165, 1.54) is 6.92 Å². The van der Waals surface area contributed by atoms with Crippen molar-refractivity contribution < 1.29 is 23.5 Å². The van der Waals surface area contributed by atoms with Gasteiger partial charge in [0, 0.05) is 24.0 Å². The first-order valence-electron chi connectivity index (χ1n) is 10.2. The molecule has 0 aromatic heterocycles. The average Bonchev–Trinajstić information content (AvgIpc) is 2.79. The number of para-hydroxylation sites is 1. The zero-order valence-corrected chi connectivity index (χ0v) is 17.9. The third-order valence-corrected chi connectivity index (χ3v) is 5.14. The number of carbonyl (C=O) groups excluding carboxylic acids is 2. The summed E-state index contributed by atoms with van der Waals surface area (Å²) in [5.41, 5.74) is 1.72. The number of esters is 1. The molecule has 3 aromatic rings. The van der Waals surface area contributed by atoms with Crippen molar-refractivity contribution >= 4 is 11.8 Å². The fraction of sp³-hybridized carbons (Fsp3) is 0.231. The van der Waals surface area contributed by atoms with Crippen molar-refractivity contribution in [2.24, 2.45) is 0 Å². The monoisotopic (exact) mass is 420 g/mol. The Balaban J connectivity index is 2.05. The minimum Gasteiger partial charge on any atom is -0.488 e. The van der Waals surface area contributed by atoms with Gasteiger partial charge in [0.05, 0.1) is 0 Å². The number of ether oxygens (including phenoxy) is 2. The van der Waals surface area contributed by atoms with Crippen LogP contribution in [0, 0.1) is 19.7 Å². The first kappa shape index (κ1) is 22.2. The van der Waals surface area contributed by atoms with Crippen LogP contribution >= 0.6 is 0 Å². The second-order valence-corrected chi connectivity index (χ2v) is 7.29. The van der Waals surface area contributed by atoms with Crippen LogP contribution in [0.4, 0.5) is 4.39 Å². The fourth-order valence-electron chi connectivity index (χ4n) is 3.33. The van der Waals surface area contributed by atoms with Crippen molar-refractivity contribution in [3.05, 3.63) is 94.3 Å². The van der Waals surface area contributed by atoms with Crippen LogP contribution in [0.1, 0.15) is 46.0 Å². The lowest BCUT2D eigenvalue weighted by atomic mass is 9.93. The maximum Gasteiger partial charge on any atom is 0.347 e. The standard InChI is InChI=1S/C26H25FO4/c1-4-20(28)15-22-17(2)25(30-16-19-11-7-5-8-12-19)23(18(3)24(22)27)26(29)31-21-13-9-6-10-14-21/h5-14H,4,15-16H2,1-3H3. The molecule has 3 rings (SSSR count). The summed E-state index contributed by atoms with van der Waals surface area (Å²) in [7, 11) is 0. The van der Waals surface area contributed by atoms with Crippen LogP contribution < -0.4 is 9.47 Å². The molecule has 0 amide bonds.